The van der Waals surface area contributed by atoms with Crippen LogP contribution in [0.3, 0.4) is 0 Å². The Hall–Kier alpha value is -1.24. The van der Waals surface area contributed by atoms with Crippen LogP contribution in [0.1, 0.15) is 17.3 Å². The average Bonchev–Trinajstić information content (AvgIpc) is 2.07. The number of Topliss-reactive ketones (excluding diaryl/α,β-unsaturated/α-hetero) is 1. The third kappa shape index (κ3) is 3.13. The Labute approximate surface area is 97.5 Å². The van der Waals surface area contributed by atoms with Gasteiger partial charge in [0.2, 0.25) is 0 Å². The highest BCUT2D eigenvalue weighted by molar-refractivity contribution is 9.10. The van der Waals surface area contributed by atoms with E-state index in [0.29, 0.717) is 4.47 Å². The lowest BCUT2D eigenvalue weighted by Gasteiger charge is -2.13. The summed E-state index contributed by atoms with van der Waals surface area (Å²) in [4.78, 5) is 11.1. The van der Waals surface area contributed by atoms with Crippen molar-refractivity contribution in [3.05, 3.63) is 22.2 Å². The molecule has 0 heterocycles. The minimum Gasteiger partial charge on any atom is -0.405 e. The standard InChI is InChI=1S/C9H7BrF3NO2/c1-4(15)5-2-6(10)7(14)3-8(5)16-9(11,12)13/h2-3H,14H2,1H3. The summed E-state index contributed by atoms with van der Waals surface area (Å²) in [6.45, 7) is 1.14. The smallest absolute Gasteiger partial charge is 0.405 e. The molecule has 2 N–H and O–H groups in total. The third-order valence-electron chi connectivity index (χ3n) is 1.70. The molecular weight excluding hydrogens is 291 g/mol. The van der Waals surface area contributed by atoms with E-state index < -0.39 is 17.9 Å². The molecule has 1 aromatic carbocycles. The van der Waals surface area contributed by atoms with Crippen LogP contribution in [0, 0.1) is 0 Å². The summed E-state index contributed by atoms with van der Waals surface area (Å²) in [7, 11) is 0. The molecule has 16 heavy (non-hydrogen) atoms. The molecule has 0 unspecified atom stereocenters. The van der Waals surface area contributed by atoms with Crippen molar-refractivity contribution < 1.29 is 22.7 Å². The minimum absolute atomic E-state index is 0.0595. The monoisotopic (exact) mass is 297 g/mol. The van der Waals surface area contributed by atoms with Crippen molar-refractivity contribution in [3.63, 3.8) is 0 Å². The Bertz CT molecular complexity index is 431. The summed E-state index contributed by atoms with van der Waals surface area (Å²) in [5.41, 5.74) is 5.28. The largest absolute Gasteiger partial charge is 0.573 e. The Morgan fingerprint density at radius 2 is 2.00 bits per heavy atom. The quantitative estimate of drug-likeness (QED) is 0.674. The number of benzene rings is 1. The fourth-order valence-electron chi connectivity index (χ4n) is 1.05. The van der Waals surface area contributed by atoms with E-state index in [1.54, 1.807) is 0 Å². The molecule has 0 fully saturated rings. The predicted molar refractivity (Wildman–Crippen MR) is 55.2 cm³/mol. The van der Waals surface area contributed by atoms with Gasteiger partial charge in [-0.3, -0.25) is 4.79 Å². The van der Waals surface area contributed by atoms with Crippen LogP contribution in [0.4, 0.5) is 18.9 Å². The molecule has 0 saturated heterocycles. The van der Waals surface area contributed by atoms with Crippen LogP contribution in [-0.2, 0) is 0 Å². The van der Waals surface area contributed by atoms with Gasteiger partial charge in [0.1, 0.15) is 5.75 Å². The summed E-state index contributed by atoms with van der Waals surface area (Å²) in [6, 6.07) is 2.15. The van der Waals surface area contributed by atoms with Crippen molar-refractivity contribution in [3.8, 4) is 5.75 Å². The number of nitrogen functional groups attached to an aromatic ring is 1. The molecule has 0 aliphatic carbocycles. The highest BCUT2D eigenvalue weighted by Crippen LogP contribution is 2.33. The first kappa shape index (κ1) is 12.8. The van der Waals surface area contributed by atoms with E-state index >= 15 is 0 Å². The van der Waals surface area contributed by atoms with Gasteiger partial charge in [-0.1, -0.05) is 0 Å². The van der Waals surface area contributed by atoms with E-state index in [9.17, 15) is 18.0 Å². The number of halogens is 4. The maximum atomic E-state index is 12.0. The van der Waals surface area contributed by atoms with Crippen LogP contribution in [0.15, 0.2) is 16.6 Å². The molecule has 0 amide bonds. The van der Waals surface area contributed by atoms with Crippen molar-refractivity contribution in [1.82, 2.24) is 0 Å². The minimum atomic E-state index is -4.86. The predicted octanol–water partition coefficient (Wildman–Crippen LogP) is 3.13. The lowest BCUT2D eigenvalue weighted by atomic mass is 10.1. The van der Waals surface area contributed by atoms with Crippen LogP contribution in [0.5, 0.6) is 5.75 Å². The Kier molecular flexibility index (Phi) is 3.47. The van der Waals surface area contributed by atoms with Gasteiger partial charge in [0.05, 0.1) is 5.56 Å². The van der Waals surface area contributed by atoms with Crippen LogP contribution in [0.25, 0.3) is 0 Å². The molecular formula is C9H7BrF3NO2. The van der Waals surface area contributed by atoms with Crippen molar-refractivity contribution in [2.75, 3.05) is 5.73 Å². The average molecular weight is 298 g/mol. The summed E-state index contributed by atoms with van der Waals surface area (Å²) >= 11 is 3.01. The van der Waals surface area contributed by atoms with Crippen LogP contribution in [-0.4, -0.2) is 12.1 Å². The topological polar surface area (TPSA) is 52.3 Å². The van der Waals surface area contributed by atoms with Crippen molar-refractivity contribution in [2.45, 2.75) is 13.3 Å². The number of carbonyl (C=O) groups excluding carboxylic acids is 1. The molecule has 0 bridgehead atoms. The van der Waals surface area contributed by atoms with E-state index in [1.807, 2.05) is 0 Å². The molecule has 0 spiro atoms. The lowest BCUT2D eigenvalue weighted by Crippen LogP contribution is -2.19. The Morgan fingerprint density at radius 1 is 1.44 bits per heavy atom. The van der Waals surface area contributed by atoms with Crippen LogP contribution < -0.4 is 10.5 Å². The molecule has 1 rings (SSSR count). The number of alkyl halides is 3. The lowest BCUT2D eigenvalue weighted by molar-refractivity contribution is -0.274. The van der Waals surface area contributed by atoms with E-state index in [0.717, 1.165) is 13.0 Å². The van der Waals surface area contributed by atoms with Crippen molar-refractivity contribution >= 4 is 27.4 Å². The SMILES string of the molecule is CC(=O)c1cc(Br)c(N)cc1OC(F)(F)F. The fourth-order valence-corrected chi connectivity index (χ4v) is 1.40. The number of anilines is 1. The highest BCUT2D eigenvalue weighted by atomic mass is 79.9. The van der Waals surface area contributed by atoms with Crippen molar-refractivity contribution in [1.29, 1.82) is 0 Å². The van der Waals surface area contributed by atoms with Gasteiger partial charge >= 0.3 is 6.36 Å². The number of ether oxygens (including phenoxy) is 1. The molecule has 0 aliphatic rings. The zero-order valence-electron chi connectivity index (χ0n) is 8.06. The summed E-state index contributed by atoms with van der Waals surface area (Å²) in [5, 5.41) is 0. The first-order valence-electron chi connectivity index (χ1n) is 4.06. The van der Waals surface area contributed by atoms with Crippen LogP contribution in [0.2, 0.25) is 0 Å². The van der Waals surface area contributed by atoms with E-state index in [4.69, 9.17) is 5.73 Å². The second kappa shape index (κ2) is 4.32. The summed E-state index contributed by atoms with van der Waals surface area (Å²) in [6.07, 6.45) is -4.86. The first-order valence-corrected chi connectivity index (χ1v) is 4.85. The van der Waals surface area contributed by atoms with Gasteiger partial charge in [-0.25, -0.2) is 0 Å². The molecule has 3 nitrogen and oxygen atoms in total. The van der Waals surface area contributed by atoms with Crippen molar-refractivity contribution in [2.24, 2.45) is 0 Å². The number of ketones is 1. The van der Waals surface area contributed by atoms with E-state index in [2.05, 4.69) is 20.7 Å². The van der Waals surface area contributed by atoms with Gasteiger partial charge in [0.15, 0.2) is 5.78 Å². The normalized spacial score (nSPS) is 11.3. The maximum Gasteiger partial charge on any atom is 0.573 e. The Morgan fingerprint density at radius 3 is 2.44 bits per heavy atom. The van der Waals surface area contributed by atoms with Gasteiger partial charge in [-0.15, -0.1) is 13.2 Å². The molecule has 7 heteroatoms. The molecule has 1 aromatic rings. The van der Waals surface area contributed by atoms with Gasteiger partial charge in [0.25, 0.3) is 0 Å². The zero-order valence-corrected chi connectivity index (χ0v) is 9.65. The number of hydrogen-bond acceptors (Lipinski definition) is 3. The molecule has 0 aromatic heterocycles. The number of nitrogens with two attached hydrogens (primary N) is 1. The number of hydrogen-bond donors (Lipinski definition) is 1. The van der Waals surface area contributed by atoms with Gasteiger partial charge < -0.3 is 10.5 Å². The van der Waals surface area contributed by atoms with Gasteiger partial charge in [-0.2, -0.15) is 0 Å². The highest BCUT2D eigenvalue weighted by Gasteiger charge is 2.32. The molecule has 0 saturated carbocycles. The van der Waals surface area contributed by atoms with Gasteiger partial charge in [0, 0.05) is 16.2 Å². The van der Waals surface area contributed by atoms with E-state index in [1.165, 1.54) is 6.07 Å². The third-order valence-corrected chi connectivity index (χ3v) is 2.39. The number of rotatable bonds is 2. The van der Waals surface area contributed by atoms with E-state index in [-0.39, 0.29) is 11.3 Å². The number of carbonyl (C=O) groups is 1. The maximum absolute atomic E-state index is 12.0. The molecule has 0 radical (unpaired) electrons. The molecule has 0 atom stereocenters. The second-order valence-electron chi connectivity index (χ2n) is 2.97. The van der Waals surface area contributed by atoms with Crippen LogP contribution >= 0.6 is 15.9 Å². The first-order chi connectivity index (χ1) is 7.20. The summed E-state index contributed by atoms with van der Waals surface area (Å²) < 4.78 is 40.1. The second-order valence-corrected chi connectivity index (χ2v) is 3.83. The zero-order chi connectivity index (χ0) is 12.5. The van der Waals surface area contributed by atoms with Gasteiger partial charge in [-0.05, 0) is 28.9 Å². The summed E-state index contributed by atoms with van der Waals surface area (Å²) in [5.74, 6) is -1.14. The molecule has 0 aliphatic heterocycles. The fraction of sp³-hybridized carbons (Fsp3) is 0.222. The Balaban J connectivity index is 3.25. The molecule has 88 valence electrons.